The third-order valence-corrected chi connectivity index (χ3v) is 8.12. The second-order valence-corrected chi connectivity index (χ2v) is 10.4. The number of ketones is 4. The number of aromatic hydroxyl groups is 1. The van der Waals surface area contributed by atoms with Crippen LogP contribution in [0.15, 0.2) is 33.8 Å². The molecule has 0 saturated heterocycles. The molecule has 1 aromatic carbocycles. The summed E-state index contributed by atoms with van der Waals surface area (Å²) in [5.41, 5.74) is 3.41. The van der Waals surface area contributed by atoms with Gasteiger partial charge in [0.15, 0.2) is 34.7 Å². The predicted octanol–water partition coefficient (Wildman–Crippen LogP) is 0.107. The number of fused-ring (bicyclic) bond motifs is 3. The van der Waals surface area contributed by atoms with Crippen LogP contribution < -0.4 is 5.73 Å². The van der Waals surface area contributed by atoms with E-state index in [-0.39, 0.29) is 24.2 Å². The van der Waals surface area contributed by atoms with Gasteiger partial charge in [0.05, 0.1) is 17.5 Å². The van der Waals surface area contributed by atoms with Crippen molar-refractivity contribution < 1.29 is 43.4 Å². The number of aliphatic hydroxyl groups is 1. The quantitative estimate of drug-likeness (QED) is 0.268. The number of carbonyl (C=O) groups is 5. The van der Waals surface area contributed by atoms with Crippen molar-refractivity contribution in [3.63, 3.8) is 0 Å². The van der Waals surface area contributed by atoms with Gasteiger partial charge in [-0.3, -0.25) is 28.9 Å². The third kappa shape index (κ3) is 3.73. The van der Waals surface area contributed by atoms with Crippen molar-refractivity contribution in [1.82, 2.24) is 4.90 Å². The van der Waals surface area contributed by atoms with E-state index < -0.39 is 64.4 Å². The first-order valence-corrected chi connectivity index (χ1v) is 12.3. The number of carbonyl (C=O) groups excluding carboxylic acids is 5. The Hall–Kier alpha value is -4.16. The van der Waals surface area contributed by atoms with E-state index >= 15 is 0 Å². The van der Waals surface area contributed by atoms with E-state index in [2.05, 4.69) is 9.99 Å². The van der Waals surface area contributed by atoms with Crippen LogP contribution in [0.3, 0.4) is 0 Å². The lowest BCUT2D eigenvalue weighted by atomic mass is 9.52. The highest BCUT2D eigenvalue weighted by Crippen LogP contribution is 2.51. The number of rotatable bonds is 5. The van der Waals surface area contributed by atoms with Crippen molar-refractivity contribution in [3.05, 3.63) is 41.2 Å². The van der Waals surface area contributed by atoms with E-state index in [1.165, 1.54) is 38.4 Å². The predicted molar refractivity (Wildman–Crippen MR) is 134 cm³/mol. The molecule has 3 aliphatic carbocycles. The Morgan fingerprint density at radius 2 is 1.90 bits per heavy atom. The summed E-state index contributed by atoms with van der Waals surface area (Å²) in [6.45, 7) is 0. The second kappa shape index (κ2) is 9.24. The minimum absolute atomic E-state index is 0.0388. The van der Waals surface area contributed by atoms with Crippen molar-refractivity contribution in [2.24, 2.45) is 34.6 Å². The molecule has 2 aromatic rings. The zero-order valence-electron chi connectivity index (χ0n) is 21.4. The molecule has 12 nitrogen and oxygen atoms in total. The van der Waals surface area contributed by atoms with Crippen molar-refractivity contribution in [1.29, 1.82) is 0 Å². The number of Topliss-reactive ketones (excluding diaryl/α,β-unsaturated/α-hetero) is 4. The third-order valence-electron chi connectivity index (χ3n) is 8.12. The first-order chi connectivity index (χ1) is 18.4. The molecule has 204 valence electrons. The molecule has 2 fully saturated rings. The van der Waals surface area contributed by atoms with Gasteiger partial charge >= 0.3 is 0 Å². The largest absolute Gasteiger partial charge is 0.507 e. The van der Waals surface area contributed by atoms with E-state index in [1.54, 1.807) is 18.2 Å². The molecular formula is C27H27N3O9. The average molecular weight is 538 g/mol. The Morgan fingerprint density at radius 1 is 1.18 bits per heavy atom. The fraction of sp³-hybridized carbons (Fsp3) is 0.407. The Balaban J connectivity index is 1.62. The number of phenols is 1. The number of benzene rings is 1. The van der Waals surface area contributed by atoms with Crippen LogP contribution in [0.2, 0.25) is 0 Å². The number of hydrogen-bond donors (Lipinski definition) is 3. The van der Waals surface area contributed by atoms with E-state index in [0.29, 0.717) is 22.6 Å². The van der Waals surface area contributed by atoms with Crippen LogP contribution in [0.4, 0.5) is 0 Å². The molecule has 6 atom stereocenters. The smallest absolute Gasteiger partial charge is 0.235 e. The summed E-state index contributed by atoms with van der Waals surface area (Å²) in [4.78, 5) is 72.3. The number of likely N-dealkylation sites (N-methyl/N-ethyl adjacent to an activating group) is 1. The number of nitrogens with two attached hydrogens (primary N) is 1. The van der Waals surface area contributed by atoms with Crippen LogP contribution >= 0.6 is 0 Å². The van der Waals surface area contributed by atoms with E-state index in [4.69, 9.17) is 10.2 Å². The SMILES string of the molecule is CO/N=C\c1ccc(-c2ccc(O)c3c2C[C@H]2C[C@H]4[C@H](N(C)C)C(=O)C(C(N)=O)C(=O)[C@@]4(O)C(=O)C2C3=O)o1. The lowest BCUT2D eigenvalue weighted by molar-refractivity contribution is -0.181. The van der Waals surface area contributed by atoms with Crippen molar-refractivity contribution >= 4 is 35.3 Å². The van der Waals surface area contributed by atoms with Gasteiger partial charge in [0, 0.05) is 11.5 Å². The van der Waals surface area contributed by atoms with E-state index in [9.17, 15) is 34.2 Å². The highest BCUT2D eigenvalue weighted by molar-refractivity contribution is 6.32. The van der Waals surface area contributed by atoms with E-state index in [0.717, 1.165) is 0 Å². The van der Waals surface area contributed by atoms with Gasteiger partial charge in [0.25, 0.3) is 0 Å². The second-order valence-electron chi connectivity index (χ2n) is 10.4. The average Bonchev–Trinajstić information content (AvgIpc) is 3.33. The van der Waals surface area contributed by atoms with Crippen LogP contribution in [0, 0.1) is 23.7 Å². The van der Waals surface area contributed by atoms with Crippen LogP contribution in [0.1, 0.15) is 28.1 Å². The summed E-state index contributed by atoms with van der Waals surface area (Å²) >= 11 is 0. The van der Waals surface area contributed by atoms with Gasteiger partial charge < -0.3 is 25.2 Å². The molecule has 39 heavy (non-hydrogen) atoms. The highest BCUT2D eigenvalue weighted by Gasteiger charge is 2.69. The van der Waals surface area contributed by atoms with Gasteiger partial charge in [0.1, 0.15) is 30.6 Å². The molecular weight excluding hydrogens is 510 g/mol. The number of amides is 1. The molecule has 1 aromatic heterocycles. The molecule has 2 saturated carbocycles. The molecule has 0 radical (unpaired) electrons. The van der Waals surface area contributed by atoms with Gasteiger partial charge in [0.2, 0.25) is 5.91 Å². The molecule has 0 spiro atoms. The standard InChI is InChI=1S/C27H27N3O9/c1-30(2)21-15-9-11-8-14-13(17-7-4-12(39-17)10-29-38-3)5-6-16(31)19(14)22(32)18(11)24(34)27(15,37)25(35)20(23(21)33)26(28)36/h4-7,10-11,15,18,20-21,31,37H,8-9H2,1-3H3,(H2,28,36)/b29-10-/t11-,15-,18?,20?,21-,27-/m0/s1. The summed E-state index contributed by atoms with van der Waals surface area (Å²) in [5, 5.41) is 26.0. The number of hydrogen-bond acceptors (Lipinski definition) is 11. The minimum atomic E-state index is -2.76. The lowest BCUT2D eigenvalue weighted by Crippen LogP contribution is -2.74. The van der Waals surface area contributed by atoms with Crippen LogP contribution in [0.25, 0.3) is 11.3 Å². The fourth-order valence-corrected chi connectivity index (χ4v) is 6.51. The molecule has 3 aliphatic rings. The first-order valence-electron chi connectivity index (χ1n) is 12.3. The van der Waals surface area contributed by atoms with Gasteiger partial charge in [-0.2, -0.15) is 0 Å². The number of oxime groups is 1. The zero-order valence-corrected chi connectivity index (χ0v) is 21.4. The van der Waals surface area contributed by atoms with Gasteiger partial charge in [-0.25, -0.2) is 0 Å². The normalized spacial score (nSPS) is 30.3. The molecule has 0 aliphatic heterocycles. The van der Waals surface area contributed by atoms with Crippen LogP contribution in [-0.4, -0.2) is 83.2 Å². The van der Waals surface area contributed by atoms with Gasteiger partial charge in [-0.05, 0) is 62.7 Å². The van der Waals surface area contributed by atoms with Crippen LogP contribution in [-0.2, 0) is 30.4 Å². The fourth-order valence-electron chi connectivity index (χ4n) is 6.51. The van der Waals surface area contributed by atoms with Crippen molar-refractivity contribution in [3.8, 4) is 17.1 Å². The summed E-state index contributed by atoms with van der Waals surface area (Å²) in [5.74, 6) is -10.2. The molecule has 2 unspecified atom stereocenters. The molecule has 0 bridgehead atoms. The number of phenolic OH excluding ortho intramolecular Hbond substituents is 1. The molecule has 4 N–H and O–H groups in total. The minimum Gasteiger partial charge on any atom is -0.507 e. The van der Waals surface area contributed by atoms with Crippen LogP contribution in [0.5, 0.6) is 5.75 Å². The number of nitrogens with zero attached hydrogens (tertiary/aromatic N) is 2. The molecule has 5 rings (SSSR count). The molecule has 12 heteroatoms. The Bertz CT molecular complexity index is 1460. The van der Waals surface area contributed by atoms with Crippen molar-refractivity contribution in [2.45, 2.75) is 24.5 Å². The van der Waals surface area contributed by atoms with E-state index in [1.807, 2.05) is 0 Å². The maximum absolute atomic E-state index is 13.9. The summed E-state index contributed by atoms with van der Waals surface area (Å²) in [7, 11) is 4.45. The topological polar surface area (TPSA) is 190 Å². The van der Waals surface area contributed by atoms with Crippen molar-refractivity contribution in [2.75, 3.05) is 21.2 Å². The Morgan fingerprint density at radius 3 is 2.54 bits per heavy atom. The zero-order chi connectivity index (χ0) is 28.4. The maximum atomic E-state index is 13.9. The maximum Gasteiger partial charge on any atom is 0.235 e. The monoisotopic (exact) mass is 537 g/mol. The van der Waals surface area contributed by atoms with Gasteiger partial charge in [-0.15, -0.1) is 0 Å². The van der Waals surface area contributed by atoms with Gasteiger partial charge in [-0.1, -0.05) is 5.16 Å². The summed E-state index contributed by atoms with van der Waals surface area (Å²) in [6, 6.07) is 5.04. The summed E-state index contributed by atoms with van der Waals surface area (Å²) < 4.78 is 5.81. The Kier molecular flexibility index (Phi) is 6.27. The molecule has 1 amide bonds. The lowest BCUT2D eigenvalue weighted by Gasteiger charge is -2.52. The number of primary amides is 1. The molecule has 1 heterocycles. The number of furan rings is 1. The first kappa shape index (κ1) is 26.4. The highest BCUT2D eigenvalue weighted by atomic mass is 16.6. The Labute approximate surface area is 222 Å². The summed E-state index contributed by atoms with van der Waals surface area (Å²) in [6.07, 6.45) is 1.44.